The smallest absolute Gasteiger partial charge is 0.269 e. The van der Waals surface area contributed by atoms with Gasteiger partial charge < -0.3 is 16.0 Å². The molecule has 0 unspecified atom stereocenters. The van der Waals surface area contributed by atoms with Crippen LogP contribution in [0.15, 0.2) is 24.3 Å². The summed E-state index contributed by atoms with van der Waals surface area (Å²) in [4.78, 5) is 49.2. The number of nitrogens with two attached hydrogens (primary N) is 1. The fraction of sp³-hybridized carbons (Fsp3) is 0.526. The molecule has 0 bridgehead atoms. The summed E-state index contributed by atoms with van der Waals surface area (Å²) in [6.07, 6.45) is 4.83. The first kappa shape index (κ1) is 19.8. The maximum Gasteiger partial charge on any atom is 0.269 e. The van der Waals surface area contributed by atoms with Crippen molar-refractivity contribution < 1.29 is 19.3 Å². The number of piperazine rings is 1. The van der Waals surface area contributed by atoms with E-state index in [1.807, 2.05) is 0 Å². The molecule has 1 aliphatic heterocycles. The molecule has 0 radical (unpaired) electrons. The molecule has 3 N–H and O–H groups in total. The summed E-state index contributed by atoms with van der Waals surface area (Å²) in [6, 6.07) is 4.08. The molecule has 9 heteroatoms. The number of rotatable bonds is 6. The van der Waals surface area contributed by atoms with Crippen LogP contribution in [-0.4, -0.2) is 46.2 Å². The Morgan fingerprint density at radius 1 is 1.21 bits per heavy atom. The lowest BCUT2D eigenvalue weighted by Gasteiger charge is -2.43. The first-order valence-electron chi connectivity index (χ1n) is 9.50. The van der Waals surface area contributed by atoms with E-state index in [-0.39, 0.29) is 36.4 Å². The lowest BCUT2D eigenvalue weighted by atomic mass is 9.81. The van der Waals surface area contributed by atoms with Gasteiger partial charge in [0, 0.05) is 18.6 Å². The fourth-order valence-electron chi connectivity index (χ4n) is 4.21. The van der Waals surface area contributed by atoms with Crippen molar-refractivity contribution in [3.05, 3.63) is 39.9 Å². The van der Waals surface area contributed by atoms with E-state index in [1.54, 1.807) is 0 Å². The van der Waals surface area contributed by atoms with Gasteiger partial charge >= 0.3 is 0 Å². The summed E-state index contributed by atoms with van der Waals surface area (Å²) < 4.78 is 0. The van der Waals surface area contributed by atoms with Crippen molar-refractivity contribution >= 4 is 23.4 Å². The second-order valence-electron chi connectivity index (χ2n) is 7.41. The van der Waals surface area contributed by atoms with Gasteiger partial charge in [-0.1, -0.05) is 31.4 Å². The van der Waals surface area contributed by atoms with Gasteiger partial charge in [-0.15, -0.1) is 0 Å². The molecule has 2 fully saturated rings. The van der Waals surface area contributed by atoms with Gasteiger partial charge in [0.05, 0.1) is 11.5 Å². The molecule has 1 saturated heterocycles. The molecule has 3 rings (SSSR count). The highest BCUT2D eigenvalue weighted by molar-refractivity contribution is 5.98. The van der Waals surface area contributed by atoms with Crippen molar-refractivity contribution in [2.75, 3.05) is 6.54 Å². The molecule has 3 amide bonds. The number of amides is 3. The molecule has 1 aromatic rings. The highest BCUT2D eigenvalue weighted by Gasteiger charge is 2.44. The standard InChI is InChI=1S/C19H24N4O5/c20-18(25)15(10-12-6-8-14(9-7-12)23(27)28)22-16(24)11-21-19(26)17(22)13-4-2-1-3-5-13/h6-9,13,15,17H,1-5,10-11H2,(H2,20,25)(H,21,26)/t15-,17-/m0/s1. The van der Waals surface area contributed by atoms with Gasteiger partial charge in [-0.3, -0.25) is 24.5 Å². The number of carbonyl (C=O) groups is 3. The van der Waals surface area contributed by atoms with Crippen LogP contribution in [0.25, 0.3) is 0 Å². The minimum Gasteiger partial charge on any atom is -0.368 e. The molecule has 9 nitrogen and oxygen atoms in total. The fourth-order valence-corrected chi connectivity index (χ4v) is 4.21. The maximum absolute atomic E-state index is 12.7. The van der Waals surface area contributed by atoms with E-state index in [2.05, 4.69) is 5.32 Å². The second-order valence-corrected chi connectivity index (χ2v) is 7.41. The molecular weight excluding hydrogens is 364 g/mol. The monoisotopic (exact) mass is 388 g/mol. The third kappa shape index (κ3) is 4.13. The average Bonchev–Trinajstić information content (AvgIpc) is 2.68. The van der Waals surface area contributed by atoms with Gasteiger partial charge in [-0.25, -0.2) is 0 Å². The molecule has 2 aliphatic rings. The average molecular weight is 388 g/mol. The number of nitrogens with zero attached hydrogens (tertiary/aromatic N) is 2. The van der Waals surface area contributed by atoms with Crippen LogP contribution in [0.4, 0.5) is 5.69 Å². The molecule has 28 heavy (non-hydrogen) atoms. The van der Waals surface area contributed by atoms with Gasteiger partial charge in [-0.05, 0) is 24.3 Å². The second kappa shape index (κ2) is 8.37. The third-order valence-corrected chi connectivity index (χ3v) is 5.61. The Bertz CT molecular complexity index is 773. The van der Waals surface area contributed by atoms with E-state index in [9.17, 15) is 24.5 Å². The van der Waals surface area contributed by atoms with Crippen LogP contribution >= 0.6 is 0 Å². The van der Waals surface area contributed by atoms with Crippen molar-refractivity contribution in [3.8, 4) is 0 Å². The summed E-state index contributed by atoms with van der Waals surface area (Å²) in [6.45, 7) is -0.161. The van der Waals surface area contributed by atoms with Gasteiger partial charge in [0.2, 0.25) is 17.7 Å². The van der Waals surface area contributed by atoms with Crippen LogP contribution < -0.4 is 11.1 Å². The van der Waals surface area contributed by atoms with Crippen LogP contribution in [0.3, 0.4) is 0 Å². The van der Waals surface area contributed by atoms with Gasteiger partial charge in [0.25, 0.3) is 5.69 Å². The Labute approximate surface area is 162 Å². The number of nitrogens with one attached hydrogen (secondary N) is 1. The minimum absolute atomic E-state index is 0.00305. The number of non-ortho nitro benzene ring substituents is 1. The van der Waals surface area contributed by atoms with Gasteiger partial charge in [0.1, 0.15) is 12.1 Å². The Morgan fingerprint density at radius 2 is 1.86 bits per heavy atom. The van der Waals surface area contributed by atoms with Crippen molar-refractivity contribution in [2.24, 2.45) is 11.7 Å². The lowest BCUT2D eigenvalue weighted by molar-refractivity contribution is -0.384. The predicted molar refractivity (Wildman–Crippen MR) is 100 cm³/mol. The highest BCUT2D eigenvalue weighted by atomic mass is 16.6. The number of benzene rings is 1. The first-order valence-corrected chi connectivity index (χ1v) is 9.50. The van der Waals surface area contributed by atoms with Crippen molar-refractivity contribution in [1.82, 2.24) is 10.2 Å². The topological polar surface area (TPSA) is 136 Å². The molecule has 1 saturated carbocycles. The van der Waals surface area contributed by atoms with Crippen LogP contribution in [0.5, 0.6) is 0 Å². The summed E-state index contributed by atoms with van der Waals surface area (Å²) in [5.41, 5.74) is 6.19. The van der Waals surface area contributed by atoms with E-state index in [0.717, 1.165) is 32.1 Å². The summed E-state index contributed by atoms with van der Waals surface area (Å²) in [5, 5.41) is 13.5. The minimum atomic E-state index is -0.980. The van der Waals surface area contributed by atoms with Crippen molar-refractivity contribution in [3.63, 3.8) is 0 Å². The summed E-state index contributed by atoms with van der Waals surface area (Å²) in [5.74, 6) is -1.28. The summed E-state index contributed by atoms with van der Waals surface area (Å²) >= 11 is 0. The van der Waals surface area contributed by atoms with E-state index < -0.39 is 22.9 Å². The molecule has 1 aliphatic carbocycles. The Morgan fingerprint density at radius 3 is 2.43 bits per heavy atom. The predicted octanol–water partition coefficient (Wildman–Crippen LogP) is 0.898. The Balaban J connectivity index is 1.88. The van der Waals surface area contributed by atoms with Crippen molar-refractivity contribution in [1.29, 1.82) is 0 Å². The summed E-state index contributed by atoms with van der Waals surface area (Å²) in [7, 11) is 0. The molecule has 150 valence electrons. The molecule has 1 heterocycles. The van der Waals surface area contributed by atoms with Crippen molar-refractivity contribution in [2.45, 2.75) is 50.6 Å². The van der Waals surface area contributed by atoms with E-state index in [0.29, 0.717) is 5.56 Å². The largest absolute Gasteiger partial charge is 0.368 e. The number of hydrogen-bond donors (Lipinski definition) is 2. The maximum atomic E-state index is 12.7. The molecule has 0 aromatic heterocycles. The number of nitro benzene ring substituents is 1. The molecule has 2 atom stereocenters. The highest BCUT2D eigenvalue weighted by Crippen LogP contribution is 2.32. The number of primary amides is 1. The van der Waals surface area contributed by atoms with Crippen LogP contribution in [0.1, 0.15) is 37.7 Å². The number of carbonyl (C=O) groups excluding carboxylic acids is 3. The zero-order valence-corrected chi connectivity index (χ0v) is 15.5. The van der Waals surface area contributed by atoms with Gasteiger partial charge in [-0.2, -0.15) is 0 Å². The number of hydrogen-bond acceptors (Lipinski definition) is 5. The molecule has 0 spiro atoms. The van der Waals surface area contributed by atoms with E-state index >= 15 is 0 Å². The third-order valence-electron chi connectivity index (χ3n) is 5.61. The zero-order valence-electron chi connectivity index (χ0n) is 15.5. The quantitative estimate of drug-likeness (QED) is 0.551. The Hall–Kier alpha value is -2.97. The van der Waals surface area contributed by atoms with E-state index in [1.165, 1.54) is 29.2 Å². The normalized spacial score (nSPS) is 21.9. The number of nitro groups is 1. The Kier molecular flexibility index (Phi) is 5.91. The van der Waals surface area contributed by atoms with Crippen LogP contribution in [-0.2, 0) is 20.8 Å². The van der Waals surface area contributed by atoms with Crippen LogP contribution in [0.2, 0.25) is 0 Å². The lowest BCUT2D eigenvalue weighted by Crippen LogP contribution is -2.66. The SMILES string of the molecule is NC(=O)[C@H](Cc1ccc([N+](=O)[O-])cc1)N1C(=O)CNC(=O)[C@@H]1C1CCCCC1. The van der Waals surface area contributed by atoms with E-state index in [4.69, 9.17) is 5.73 Å². The first-order chi connectivity index (χ1) is 13.4. The zero-order chi connectivity index (χ0) is 20.3. The van der Waals surface area contributed by atoms with Crippen LogP contribution in [0, 0.1) is 16.0 Å². The molecule has 1 aromatic carbocycles. The van der Waals surface area contributed by atoms with Gasteiger partial charge in [0.15, 0.2) is 0 Å². The molecular formula is C19H24N4O5.